The van der Waals surface area contributed by atoms with Gasteiger partial charge in [-0.05, 0) is 46.0 Å². The van der Waals surface area contributed by atoms with Crippen molar-refractivity contribution in [2.45, 2.75) is 58.1 Å². The van der Waals surface area contributed by atoms with Crippen molar-refractivity contribution in [3.05, 3.63) is 0 Å². The third-order valence-corrected chi connectivity index (χ3v) is 4.28. The number of amides is 1. The van der Waals surface area contributed by atoms with Crippen molar-refractivity contribution in [2.24, 2.45) is 5.92 Å². The van der Waals surface area contributed by atoms with Crippen LogP contribution in [0, 0.1) is 5.92 Å². The van der Waals surface area contributed by atoms with Gasteiger partial charge in [-0.3, -0.25) is 0 Å². The van der Waals surface area contributed by atoms with E-state index in [1.807, 2.05) is 0 Å². The zero-order valence-corrected chi connectivity index (χ0v) is 13.2. The van der Waals surface area contributed by atoms with E-state index in [4.69, 9.17) is 15.4 Å². The van der Waals surface area contributed by atoms with E-state index in [-0.39, 0.29) is 17.7 Å². The summed E-state index contributed by atoms with van der Waals surface area (Å²) in [7, 11) is 1.75. The number of hydrogen-bond acceptors (Lipinski definition) is 4. The zero-order valence-electron chi connectivity index (χ0n) is 11.6. The summed E-state index contributed by atoms with van der Waals surface area (Å²) in [4.78, 5) is 11.7. The summed E-state index contributed by atoms with van der Waals surface area (Å²) in [5.74, 6) is 0.104. The molecular weight excluding hydrogens is 290 g/mol. The Kier molecular flexibility index (Phi) is 5.50. The standard InChI is InChI=1S/C12H22ClNO4S/c1-12(2,3)18-11(15)14-10-6-4-5-9(10)7-8-19(13,16)17/h9-10H,4-8H2,1-3H3,(H,14,15). The molecule has 1 aliphatic rings. The molecule has 5 nitrogen and oxygen atoms in total. The highest BCUT2D eigenvalue weighted by atomic mass is 35.7. The van der Waals surface area contributed by atoms with Crippen LogP contribution in [0.25, 0.3) is 0 Å². The predicted octanol–water partition coefficient (Wildman–Crippen LogP) is 2.64. The van der Waals surface area contributed by atoms with Crippen LogP contribution in [0.4, 0.5) is 4.79 Å². The Hall–Kier alpha value is -0.490. The fraction of sp³-hybridized carbons (Fsp3) is 0.917. The second-order valence-electron chi connectivity index (χ2n) is 5.98. The van der Waals surface area contributed by atoms with Gasteiger partial charge in [0.25, 0.3) is 0 Å². The van der Waals surface area contributed by atoms with Gasteiger partial charge in [0.05, 0.1) is 5.75 Å². The number of carbonyl (C=O) groups excluding carboxylic acids is 1. The maximum atomic E-state index is 11.7. The molecule has 0 bridgehead atoms. The quantitative estimate of drug-likeness (QED) is 0.810. The molecule has 7 heteroatoms. The van der Waals surface area contributed by atoms with E-state index in [1.54, 1.807) is 20.8 Å². The number of hydrogen-bond donors (Lipinski definition) is 1. The molecule has 1 rings (SSSR count). The monoisotopic (exact) mass is 311 g/mol. The van der Waals surface area contributed by atoms with Crippen LogP contribution >= 0.6 is 10.7 Å². The molecule has 0 spiro atoms. The van der Waals surface area contributed by atoms with Crippen molar-refractivity contribution >= 4 is 25.8 Å². The second-order valence-corrected chi connectivity index (χ2v) is 8.87. The summed E-state index contributed by atoms with van der Waals surface area (Å²) < 4.78 is 27.1. The van der Waals surface area contributed by atoms with Crippen LogP contribution in [0.15, 0.2) is 0 Å². The molecule has 2 unspecified atom stereocenters. The van der Waals surface area contributed by atoms with Crippen molar-refractivity contribution < 1.29 is 17.9 Å². The minimum atomic E-state index is -3.46. The number of rotatable bonds is 4. The van der Waals surface area contributed by atoms with E-state index in [9.17, 15) is 13.2 Å². The third kappa shape index (κ3) is 7.01. The fourth-order valence-corrected chi connectivity index (χ4v) is 3.18. The number of halogens is 1. The lowest BCUT2D eigenvalue weighted by molar-refractivity contribution is 0.0492. The smallest absolute Gasteiger partial charge is 0.407 e. The first-order valence-corrected chi connectivity index (χ1v) is 8.96. The highest BCUT2D eigenvalue weighted by Gasteiger charge is 2.30. The maximum absolute atomic E-state index is 11.7. The number of nitrogens with one attached hydrogen (secondary N) is 1. The molecule has 2 atom stereocenters. The Labute approximate surface area is 119 Å². The maximum Gasteiger partial charge on any atom is 0.407 e. The molecule has 1 N–H and O–H groups in total. The van der Waals surface area contributed by atoms with Crippen molar-refractivity contribution in [1.29, 1.82) is 0 Å². The molecule has 0 saturated heterocycles. The normalized spacial score (nSPS) is 24.2. The SMILES string of the molecule is CC(C)(C)OC(=O)NC1CCCC1CCS(=O)(=O)Cl. The summed E-state index contributed by atoms with van der Waals surface area (Å²) in [6.07, 6.45) is 2.77. The van der Waals surface area contributed by atoms with Crippen LogP contribution in [-0.4, -0.2) is 31.9 Å². The Morgan fingerprint density at radius 3 is 2.53 bits per heavy atom. The van der Waals surface area contributed by atoms with Crippen LogP contribution in [0.5, 0.6) is 0 Å². The van der Waals surface area contributed by atoms with Gasteiger partial charge in [0.2, 0.25) is 9.05 Å². The predicted molar refractivity (Wildman–Crippen MR) is 74.8 cm³/mol. The van der Waals surface area contributed by atoms with Crippen LogP contribution < -0.4 is 5.32 Å². The van der Waals surface area contributed by atoms with Crippen molar-refractivity contribution in [2.75, 3.05) is 5.75 Å². The van der Waals surface area contributed by atoms with Crippen LogP contribution in [-0.2, 0) is 13.8 Å². The van der Waals surface area contributed by atoms with Gasteiger partial charge in [0.15, 0.2) is 0 Å². The molecule has 0 aliphatic heterocycles. The van der Waals surface area contributed by atoms with Crippen molar-refractivity contribution in [3.8, 4) is 0 Å². The van der Waals surface area contributed by atoms with E-state index in [1.165, 1.54) is 0 Å². The topological polar surface area (TPSA) is 72.5 Å². The molecule has 1 aliphatic carbocycles. The number of alkyl carbamates (subject to hydrolysis) is 1. The summed E-state index contributed by atoms with van der Waals surface area (Å²) >= 11 is 0. The molecule has 19 heavy (non-hydrogen) atoms. The first-order valence-electron chi connectivity index (χ1n) is 6.49. The van der Waals surface area contributed by atoms with Gasteiger partial charge in [-0.2, -0.15) is 0 Å². The summed E-state index contributed by atoms with van der Waals surface area (Å²) in [5, 5.41) is 2.82. The van der Waals surface area contributed by atoms with Crippen molar-refractivity contribution in [3.63, 3.8) is 0 Å². The Bertz CT molecular complexity index is 416. The van der Waals surface area contributed by atoms with Gasteiger partial charge in [-0.25, -0.2) is 13.2 Å². The average Bonchev–Trinajstić information content (AvgIpc) is 2.57. The summed E-state index contributed by atoms with van der Waals surface area (Å²) in [6.45, 7) is 5.41. The number of carbonyl (C=O) groups is 1. The van der Waals surface area contributed by atoms with Crippen LogP contribution in [0.3, 0.4) is 0 Å². The van der Waals surface area contributed by atoms with E-state index in [2.05, 4.69) is 5.32 Å². The third-order valence-electron chi connectivity index (χ3n) is 3.09. The van der Waals surface area contributed by atoms with E-state index < -0.39 is 20.7 Å². The lowest BCUT2D eigenvalue weighted by Gasteiger charge is -2.24. The molecule has 0 aromatic heterocycles. The molecule has 0 heterocycles. The lowest BCUT2D eigenvalue weighted by atomic mass is 10.0. The molecule has 1 fully saturated rings. The highest BCUT2D eigenvalue weighted by Crippen LogP contribution is 2.29. The molecule has 1 saturated carbocycles. The molecular formula is C12H22ClNO4S. The van der Waals surface area contributed by atoms with Crippen LogP contribution in [0.1, 0.15) is 46.5 Å². The average molecular weight is 312 g/mol. The Balaban J connectivity index is 2.46. The molecule has 0 radical (unpaired) electrons. The molecule has 0 aromatic rings. The van der Waals surface area contributed by atoms with Gasteiger partial charge in [-0.15, -0.1) is 0 Å². The largest absolute Gasteiger partial charge is 0.444 e. The Morgan fingerprint density at radius 1 is 1.37 bits per heavy atom. The molecule has 0 aromatic carbocycles. The number of ether oxygens (including phenoxy) is 1. The second kappa shape index (κ2) is 6.31. The lowest BCUT2D eigenvalue weighted by Crippen LogP contribution is -2.41. The van der Waals surface area contributed by atoms with Gasteiger partial charge < -0.3 is 10.1 Å². The summed E-state index contributed by atoms with van der Waals surface area (Å²) in [6, 6.07) is -0.0201. The summed E-state index contributed by atoms with van der Waals surface area (Å²) in [5.41, 5.74) is -0.530. The van der Waals surface area contributed by atoms with Crippen molar-refractivity contribution in [1.82, 2.24) is 5.32 Å². The minimum Gasteiger partial charge on any atom is -0.444 e. The molecule has 1 amide bonds. The van der Waals surface area contributed by atoms with Gasteiger partial charge in [-0.1, -0.05) is 6.42 Å². The van der Waals surface area contributed by atoms with E-state index in [0.29, 0.717) is 6.42 Å². The Morgan fingerprint density at radius 2 is 2.00 bits per heavy atom. The van der Waals surface area contributed by atoms with E-state index >= 15 is 0 Å². The highest BCUT2D eigenvalue weighted by molar-refractivity contribution is 8.13. The van der Waals surface area contributed by atoms with Crippen LogP contribution in [0.2, 0.25) is 0 Å². The molecule has 112 valence electrons. The fourth-order valence-electron chi connectivity index (χ4n) is 2.32. The first-order chi connectivity index (χ1) is 8.57. The van der Waals surface area contributed by atoms with Gasteiger partial charge in [0.1, 0.15) is 5.60 Å². The van der Waals surface area contributed by atoms with Gasteiger partial charge >= 0.3 is 6.09 Å². The zero-order chi connectivity index (χ0) is 14.7. The van der Waals surface area contributed by atoms with E-state index in [0.717, 1.165) is 19.3 Å². The van der Waals surface area contributed by atoms with Gasteiger partial charge in [0, 0.05) is 16.7 Å². The minimum absolute atomic E-state index is 0.0201. The first kappa shape index (κ1) is 16.6.